The summed E-state index contributed by atoms with van der Waals surface area (Å²) in [5.74, 6) is 0. The highest BCUT2D eigenvalue weighted by Crippen LogP contribution is 2.19. The molecule has 0 saturated carbocycles. The SMILES string of the molecule is CN(CC1CCCN1)c1cccc(Br)c1. The van der Waals surface area contributed by atoms with Crippen molar-refractivity contribution in [3.05, 3.63) is 28.7 Å². The smallest absolute Gasteiger partial charge is 0.0375 e. The molecule has 1 saturated heterocycles. The molecule has 0 aromatic heterocycles. The van der Waals surface area contributed by atoms with Crippen LogP contribution in [0.3, 0.4) is 0 Å². The Kier molecular flexibility index (Phi) is 3.65. The van der Waals surface area contributed by atoms with Gasteiger partial charge in [-0.05, 0) is 37.6 Å². The normalized spacial score (nSPS) is 20.5. The van der Waals surface area contributed by atoms with Crippen LogP contribution in [0.5, 0.6) is 0 Å². The Balaban J connectivity index is 1.97. The molecule has 3 heteroatoms. The van der Waals surface area contributed by atoms with E-state index in [1.54, 1.807) is 0 Å². The highest BCUT2D eigenvalue weighted by atomic mass is 79.9. The van der Waals surface area contributed by atoms with Gasteiger partial charge in [0.25, 0.3) is 0 Å². The van der Waals surface area contributed by atoms with E-state index in [4.69, 9.17) is 0 Å². The molecule has 1 aliphatic heterocycles. The molecule has 1 heterocycles. The summed E-state index contributed by atoms with van der Waals surface area (Å²) < 4.78 is 1.14. The summed E-state index contributed by atoms with van der Waals surface area (Å²) in [5, 5.41) is 3.52. The lowest BCUT2D eigenvalue weighted by atomic mass is 10.2. The summed E-state index contributed by atoms with van der Waals surface area (Å²) in [6.07, 6.45) is 2.62. The first-order chi connectivity index (χ1) is 7.25. The summed E-state index contributed by atoms with van der Waals surface area (Å²) in [6.45, 7) is 2.27. The van der Waals surface area contributed by atoms with Gasteiger partial charge in [-0.3, -0.25) is 0 Å². The van der Waals surface area contributed by atoms with Crippen molar-refractivity contribution in [3.8, 4) is 0 Å². The first-order valence-corrected chi connectivity index (χ1v) is 6.25. The van der Waals surface area contributed by atoms with Gasteiger partial charge in [0.05, 0.1) is 0 Å². The Morgan fingerprint density at radius 1 is 1.53 bits per heavy atom. The van der Waals surface area contributed by atoms with Crippen molar-refractivity contribution in [2.45, 2.75) is 18.9 Å². The lowest BCUT2D eigenvalue weighted by Gasteiger charge is -2.23. The third kappa shape index (κ3) is 2.95. The molecule has 1 aromatic carbocycles. The summed E-state index contributed by atoms with van der Waals surface area (Å²) in [6, 6.07) is 9.12. The average Bonchev–Trinajstić information content (AvgIpc) is 2.70. The number of likely N-dealkylation sites (N-methyl/N-ethyl adjacent to an activating group) is 1. The van der Waals surface area contributed by atoms with Crippen molar-refractivity contribution in [2.75, 3.05) is 25.0 Å². The van der Waals surface area contributed by atoms with Crippen LogP contribution in [0, 0.1) is 0 Å². The maximum atomic E-state index is 3.52. The fourth-order valence-corrected chi connectivity index (χ4v) is 2.45. The van der Waals surface area contributed by atoms with Gasteiger partial charge in [0, 0.05) is 29.8 Å². The zero-order valence-corrected chi connectivity index (χ0v) is 10.6. The molecular formula is C12H17BrN2. The molecule has 0 aliphatic carbocycles. The molecule has 0 amide bonds. The number of nitrogens with zero attached hydrogens (tertiary/aromatic N) is 1. The third-order valence-corrected chi connectivity index (χ3v) is 3.40. The summed E-state index contributed by atoms with van der Waals surface area (Å²) >= 11 is 3.50. The van der Waals surface area contributed by atoms with Crippen molar-refractivity contribution in [2.24, 2.45) is 0 Å². The van der Waals surface area contributed by atoms with Gasteiger partial charge in [-0.1, -0.05) is 22.0 Å². The minimum atomic E-state index is 0.661. The maximum Gasteiger partial charge on any atom is 0.0375 e. The van der Waals surface area contributed by atoms with Crippen LogP contribution in [0.4, 0.5) is 5.69 Å². The number of nitrogens with one attached hydrogen (secondary N) is 1. The molecule has 2 rings (SSSR count). The van der Waals surface area contributed by atoms with E-state index >= 15 is 0 Å². The number of hydrogen-bond acceptors (Lipinski definition) is 2. The second kappa shape index (κ2) is 4.99. The lowest BCUT2D eigenvalue weighted by Crippen LogP contribution is -2.35. The molecule has 1 aromatic rings. The van der Waals surface area contributed by atoms with Crippen LogP contribution in [0.25, 0.3) is 0 Å². The van der Waals surface area contributed by atoms with E-state index in [1.807, 2.05) is 0 Å². The Bertz CT molecular complexity index is 321. The van der Waals surface area contributed by atoms with E-state index in [9.17, 15) is 0 Å². The largest absolute Gasteiger partial charge is 0.373 e. The minimum Gasteiger partial charge on any atom is -0.373 e. The van der Waals surface area contributed by atoms with E-state index in [0.29, 0.717) is 6.04 Å². The predicted octanol–water partition coefficient (Wildman–Crippen LogP) is 2.64. The number of halogens is 1. The molecule has 1 unspecified atom stereocenters. The molecule has 1 fully saturated rings. The van der Waals surface area contributed by atoms with Gasteiger partial charge in [0.2, 0.25) is 0 Å². The highest BCUT2D eigenvalue weighted by Gasteiger charge is 2.15. The summed E-state index contributed by atoms with van der Waals surface area (Å²) in [7, 11) is 2.15. The average molecular weight is 269 g/mol. The Labute approximate surface area is 99.8 Å². The zero-order valence-electron chi connectivity index (χ0n) is 9.04. The van der Waals surface area contributed by atoms with Crippen molar-refractivity contribution < 1.29 is 0 Å². The molecule has 2 nitrogen and oxygen atoms in total. The minimum absolute atomic E-state index is 0.661. The first kappa shape index (κ1) is 11.0. The quantitative estimate of drug-likeness (QED) is 0.907. The van der Waals surface area contributed by atoms with E-state index in [2.05, 4.69) is 57.5 Å². The second-order valence-corrected chi connectivity index (χ2v) is 5.07. The Hall–Kier alpha value is -0.540. The van der Waals surface area contributed by atoms with Crippen molar-refractivity contribution in [1.29, 1.82) is 0 Å². The fourth-order valence-electron chi connectivity index (χ4n) is 2.06. The maximum absolute atomic E-state index is 3.52. The van der Waals surface area contributed by atoms with Crippen LogP contribution in [0.1, 0.15) is 12.8 Å². The lowest BCUT2D eigenvalue weighted by molar-refractivity contribution is 0.600. The predicted molar refractivity (Wildman–Crippen MR) is 68.4 cm³/mol. The van der Waals surface area contributed by atoms with Gasteiger partial charge >= 0.3 is 0 Å². The number of hydrogen-bond donors (Lipinski definition) is 1. The third-order valence-electron chi connectivity index (χ3n) is 2.91. The van der Waals surface area contributed by atoms with Crippen LogP contribution in [0.2, 0.25) is 0 Å². The summed E-state index contributed by atoms with van der Waals surface area (Å²) in [5.41, 5.74) is 1.28. The van der Waals surface area contributed by atoms with Crippen LogP contribution in [-0.4, -0.2) is 26.2 Å². The number of benzene rings is 1. The van der Waals surface area contributed by atoms with Gasteiger partial charge in [0.1, 0.15) is 0 Å². The van der Waals surface area contributed by atoms with Crippen molar-refractivity contribution in [3.63, 3.8) is 0 Å². The Morgan fingerprint density at radius 2 is 2.40 bits per heavy atom. The van der Waals surface area contributed by atoms with E-state index < -0.39 is 0 Å². The topological polar surface area (TPSA) is 15.3 Å². The van der Waals surface area contributed by atoms with Crippen molar-refractivity contribution >= 4 is 21.6 Å². The van der Waals surface area contributed by atoms with E-state index in [1.165, 1.54) is 25.1 Å². The molecule has 1 atom stereocenters. The Morgan fingerprint density at radius 3 is 3.07 bits per heavy atom. The van der Waals surface area contributed by atoms with Crippen LogP contribution in [0.15, 0.2) is 28.7 Å². The standard InChI is InChI=1S/C12H17BrN2/c1-15(9-11-5-3-7-14-11)12-6-2-4-10(13)8-12/h2,4,6,8,11,14H,3,5,7,9H2,1H3. The van der Waals surface area contributed by atoms with Crippen molar-refractivity contribution in [1.82, 2.24) is 5.32 Å². The van der Waals surface area contributed by atoms with Gasteiger partial charge in [-0.25, -0.2) is 0 Å². The highest BCUT2D eigenvalue weighted by molar-refractivity contribution is 9.10. The van der Waals surface area contributed by atoms with Crippen LogP contribution >= 0.6 is 15.9 Å². The second-order valence-electron chi connectivity index (χ2n) is 4.15. The molecule has 1 N–H and O–H groups in total. The molecule has 0 bridgehead atoms. The van der Waals surface area contributed by atoms with Gasteiger partial charge < -0.3 is 10.2 Å². The molecule has 15 heavy (non-hydrogen) atoms. The molecule has 1 aliphatic rings. The van der Waals surface area contributed by atoms with Gasteiger partial charge in [-0.2, -0.15) is 0 Å². The zero-order chi connectivity index (χ0) is 10.7. The molecular weight excluding hydrogens is 252 g/mol. The van der Waals surface area contributed by atoms with Crippen LogP contribution < -0.4 is 10.2 Å². The van der Waals surface area contributed by atoms with Gasteiger partial charge in [-0.15, -0.1) is 0 Å². The number of rotatable bonds is 3. The fraction of sp³-hybridized carbons (Fsp3) is 0.500. The van der Waals surface area contributed by atoms with E-state index in [0.717, 1.165) is 11.0 Å². The van der Waals surface area contributed by atoms with Gasteiger partial charge in [0.15, 0.2) is 0 Å². The van der Waals surface area contributed by atoms with Crippen LogP contribution in [-0.2, 0) is 0 Å². The number of anilines is 1. The molecule has 0 radical (unpaired) electrons. The van der Waals surface area contributed by atoms with E-state index in [-0.39, 0.29) is 0 Å². The first-order valence-electron chi connectivity index (χ1n) is 5.46. The summed E-state index contributed by atoms with van der Waals surface area (Å²) in [4.78, 5) is 2.31. The molecule has 82 valence electrons. The molecule has 0 spiro atoms. The monoisotopic (exact) mass is 268 g/mol.